The van der Waals surface area contributed by atoms with Gasteiger partial charge >= 0.3 is 0 Å². The topological polar surface area (TPSA) is 61.4 Å². The maximum atomic E-state index is 11.6. The van der Waals surface area contributed by atoms with Crippen molar-refractivity contribution in [1.82, 2.24) is 10.6 Å². The van der Waals surface area contributed by atoms with Crippen molar-refractivity contribution < 1.29 is 9.90 Å². The minimum Gasteiger partial charge on any atom is -0.392 e. The second kappa shape index (κ2) is 5.32. The highest BCUT2D eigenvalue weighted by Crippen LogP contribution is 2.15. The van der Waals surface area contributed by atoms with E-state index in [1.165, 1.54) is 0 Å². The molecule has 0 aromatic heterocycles. The fourth-order valence-electron chi connectivity index (χ4n) is 1.76. The molecule has 0 spiro atoms. The van der Waals surface area contributed by atoms with Crippen LogP contribution >= 0.6 is 0 Å². The second-order valence-electron chi connectivity index (χ2n) is 4.17. The van der Waals surface area contributed by atoms with Crippen LogP contribution in [0, 0.1) is 5.92 Å². The van der Waals surface area contributed by atoms with Crippen molar-refractivity contribution in [2.24, 2.45) is 5.92 Å². The molecule has 0 unspecified atom stereocenters. The third-order valence-electron chi connectivity index (χ3n) is 2.57. The van der Waals surface area contributed by atoms with E-state index >= 15 is 0 Å². The zero-order valence-electron chi connectivity index (χ0n) is 8.92. The second-order valence-corrected chi connectivity index (χ2v) is 4.17. The van der Waals surface area contributed by atoms with Crippen LogP contribution in [-0.4, -0.2) is 36.2 Å². The van der Waals surface area contributed by atoms with Crippen LogP contribution in [0.15, 0.2) is 0 Å². The molecule has 0 radical (unpaired) electrons. The molecule has 0 aromatic carbocycles. The van der Waals surface area contributed by atoms with Gasteiger partial charge in [-0.3, -0.25) is 4.79 Å². The summed E-state index contributed by atoms with van der Waals surface area (Å²) in [7, 11) is 0. The van der Waals surface area contributed by atoms with Crippen molar-refractivity contribution in [3.05, 3.63) is 0 Å². The van der Waals surface area contributed by atoms with Gasteiger partial charge in [0.2, 0.25) is 5.91 Å². The first-order valence-electron chi connectivity index (χ1n) is 5.28. The maximum absolute atomic E-state index is 11.6. The lowest BCUT2D eigenvalue weighted by Gasteiger charge is -2.27. The molecule has 1 aliphatic heterocycles. The van der Waals surface area contributed by atoms with Gasteiger partial charge in [0.15, 0.2) is 0 Å². The molecular formula is C10H20N2O2. The Kier molecular flexibility index (Phi) is 4.35. The van der Waals surface area contributed by atoms with Crippen LogP contribution in [0.1, 0.15) is 26.7 Å². The molecule has 0 aliphatic carbocycles. The van der Waals surface area contributed by atoms with E-state index in [4.69, 9.17) is 5.11 Å². The summed E-state index contributed by atoms with van der Waals surface area (Å²) in [6.45, 7) is 5.03. The zero-order chi connectivity index (χ0) is 10.6. The molecule has 3 N–H and O–H groups in total. The standard InChI is InChI=1S/C10H20N2O2/c1-7-5-9(3-4-11-7)10(14)12-6-8(2)13/h7-9,11,13H,3-6H2,1-2H3,(H,12,14)/t7-,8-,9-/m0/s1. The van der Waals surface area contributed by atoms with Crippen LogP contribution < -0.4 is 10.6 Å². The summed E-state index contributed by atoms with van der Waals surface area (Å²) in [6, 6.07) is 0.422. The number of nitrogens with one attached hydrogen (secondary N) is 2. The van der Waals surface area contributed by atoms with E-state index in [0.717, 1.165) is 19.4 Å². The number of hydrogen-bond acceptors (Lipinski definition) is 3. The quantitative estimate of drug-likeness (QED) is 0.595. The van der Waals surface area contributed by atoms with Crippen LogP contribution in [-0.2, 0) is 4.79 Å². The summed E-state index contributed by atoms with van der Waals surface area (Å²) in [5, 5.41) is 15.1. The van der Waals surface area contributed by atoms with Crippen molar-refractivity contribution in [3.8, 4) is 0 Å². The Labute approximate surface area is 85.1 Å². The number of piperidine rings is 1. The lowest BCUT2D eigenvalue weighted by atomic mass is 9.92. The van der Waals surface area contributed by atoms with Crippen molar-refractivity contribution in [1.29, 1.82) is 0 Å². The van der Waals surface area contributed by atoms with Gasteiger partial charge in [0.25, 0.3) is 0 Å². The average Bonchev–Trinajstić information content (AvgIpc) is 2.14. The van der Waals surface area contributed by atoms with Crippen LogP contribution in [0.3, 0.4) is 0 Å². The minimum atomic E-state index is -0.460. The average molecular weight is 200 g/mol. The van der Waals surface area contributed by atoms with Gasteiger partial charge in [-0.2, -0.15) is 0 Å². The molecule has 3 atom stereocenters. The lowest BCUT2D eigenvalue weighted by Crippen LogP contribution is -2.43. The Morgan fingerprint density at radius 1 is 1.71 bits per heavy atom. The van der Waals surface area contributed by atoms with Gasteiger partial charge in [-0.05, 0) is 33.2 Å². The SMILES string of the molecule is C[C@H](O)CNC(=O)[C@H]1CCN[C@@H](C)C1. The van der Waals surface area contributed by atoms with Gasteiger partial charge in [-0.15, -0.1) is 0 Å². The molecule has 1 heterocycles. The fraction of sp³-hybridized carbons (Fsp3) is 0.900. The van der Waals surface area contributed by atoms with E-state index in [1.807, 2.05) is 0 Å². The molecule has 1 saturated heterocycles. The van der Waals surface area contributed by atoms with Crippen LogP contribution in [0.4, 0.5) is 0 Å². The fourth-order valence-corrected chi connectivity index (χ4v) is 1.76. The first-order valence-corrected chi connectivity index (χ1v) is 5.28. The number of rotatable bonds is 3. The summed E-state index contributed by atoms with van der Waals surface area (Å²) < 4.78 is 0. The van der Waals surface area contributed by atoms with E-state index in [-0.39, 0.29) is 11.8 Å². The van der Waals surface area contributed by atoms with Gasteiger partial charge in [0.05, 0.1) is 6.10 Å². The molecule has 4 heteroatoms. The number of carbonyl (C=O) groups is 1. The smallest absolute Gasteiger partial charge is 0.223 e. The summed E-state index contributed by atoms with van der Waals surface area (Å²) in [5.74, 6) is 0.198. The normalized spacial score (nSPS) is 29.6. The predicted octanol–water partition coefficient (Wildman–Crippen LogP) is -0.128. The van der Waals surface area contributed by atoms with Crippen molar-refractivity contribution in [2.45, 2.75) is 38.8 Å². The van der Waals surface area contributed by atoms with E-state index in [1.54, 1.807) is 6.92 Å². The maximum Gasteiger partial charge on any atom is 0.223 e. The highest BCUT2D eigenvalue weighted by atomic mass is 16.3. The van der Waals surface area contributed by atoms with Gasteiger partial charge < -0.3 is 15.7 Å². The first-order chi connectivity index (χ1) is 6.59. The van der Waals surface area contributed by atoms with E-state index in [2.05, 4.69) is 17.6 Å². The Morgan fingerprint density at radius 2 is 2.43 bits per heavy atom. The minimum absolute atomic E-state index is 0.0826. The third kappa shape index (κ3) is 3.64. The number of hydrogen-bond donors (Lipinski definition) is 3. The molecule has 1 aliphatic rings. The molecule has 1 amide bonds. The molecule has 82 valence electrons. The number of amides is 1. The first kappa shape index (κ1) is 11.5. The number of carbonyl (C=O) groups excluding carboxylic acids is 1. The summed E-state index contributed by atoms with van der Waals surface area (Å²) in [5.41, 5.74) is 0. The molecule has 1 fully saturated rings. The molecule has 1 rings (SSSR count). The Bertz CT molecular complexity index is 195. The Hall–Kier alpha value is -0.610. The van der Waals surface area contributed by atoms with Gasteiger partial charge in [-0.1, -0.05) is 0 Å². The van der Waals surface area contributed by atoms with E-state index in [0.29, 0.717) is 12.6 Å². The van der Waals surface area contributed by atoms with Crippen molar-refractivity contribution in [2.75, 3.05) is 13.1 Å². The Morgan fingerprint density at radius 3 is 3.00 bits per heavy atom. The van der Waals surface area contributed by atoms with Crippen molar-refractivity contribution >= 4 is 5.91 Å². The molecule has 14 heavy (non-hydrogen) atoms. The summed E-state index contributed by atoms with van der Waals surface area (Å²) in [4.78, 5) is 11.6. The molecule has 0 bridgehead atoms. The number of aliphatic hydroxyl groups excluding tert-OH is 1. The third-order valence-corrected chi connectivity index (χ3v) is 2.57. The van der Waals surface area contributed by atoms with Crippen LogP contribution in [0.5, 0.6) is 0 Å². The van der Waals surface area contributed by atoms with E-state index in [9.17, 15) is 4.79 Å². The van der Waals surface area contributed by atoms with Gasteiger partial charge in [0.1, 0.15) is 0 Å². The predicted molar refractivity (Wildman–Crippen MR) is 54.9 cm³/mol. The zero-order valence-corrected chi connectivity index (χ0v) is 8.92. The molecule has 0 aromatic rings. The lowest BCUT2D eigenvalue weighted by molar-refractivity contribution is -0.126. The molecule has 4 nitrogen and oxygen atoms in total. The summed E-state index contributed by atoms with van der Waals surface area (Å²) >= 11 is 0. The highest BCUT2D eigenvalue weighted by Gasteiger charge is 2.24. The highest BCUT2D eigenvalue weighted by molar-refractivity contribution is 5.78. The van der Waals surface area contributed by atoms with E-state index < -0.39 is 6.10 Å². The Balaban J connectivity index is 2.29. The number of aliphatic hydroxyl groups is 1. The van der Waals surface area contributed by atoms with Gasteiger partial charge in [-0.25, -0.2) is 0 Å². The summed E-state index contributed by atoms with van der Waals surface area (Å²) in [6.07, 6.45) is 1.33. The largest absolute Gasteiger partial charge is 0.392 e. The van der Waals surface area contributed by atoms with Crippen molar-refractivity contribution in [3.63, 3.8) is 0 Å². The van der Waals surface area contributed by atoms with Crippen LogP contribution in [0.2, 0.25) is 0 Å². The van der Waals surface area contributed by atoms with Gasteiger partial charge in [0, 0.05) is 18.5 Å². The van der Waals surface area contributed by atoms with Crippen LogP contribution in [0.25, 0.3) is 0 Å². The molecule has 0 saturated carbocycles. The molecular weight excluding hydrogens is 180 g/mol. The monoisotopic (exact) mass is 200 g/mol.